The standard InChI is InChI=1S/C20H38O2.C18H30O2/c1-3-4-5-6-7-8-9-10-11-12-13-14-15-16-17-18-19-22-20(2)21;1-2-3-4-5-6-7-8-9-10-11-12-13-14-15-16-17-18(19)20/h6-7H,3-5,8-19H2,1-2H3;3-4H,2,7-17H2,1H3,(H,19,20)/b7-6-;4-3-. The van der Waals surface area contributed by atoms with Crippen molar-refractivity contribution in [2.75, 3.05) is 6.61 Å². The van der Waals surface area contributed by atoms with Crippen LogP contribution in [0.1, 0.15) is 188 Å². The third kappa shape index (κ3) is 45.0. The van der Waals surface area contributed by atoms with E-state index >= 15 is 0 Å². The lowest BCUT2D eigenvalue weighted by Gasteiger charge is -2.03. The average molecular weight is 589 g/mol. The molecule has 0 unspecified atom stereocenters. The Balaban J connectivity index is 0. The van der Waals surface area contributed by atoms with Gasteiger partial charge in [-0.25, -0.2) is 0 Å². The second kappa shape index (κ2) is 39.0. The molecule has 0 aromatic heterocycles. The number of unbranched alkanes of at least 4 members (excludes halogenated alkanes) is 21. The van der Waals surface area contributed by atoms with E-state index in [-0.39, 0.29) is 5.97 Å². The number of carbonyl (C=O) groups is 2. The van der Waals surface area contributed by atoms with Crippen molar-refractivity contribution >= 4 is 11.9 Å². The van der Waals surface area contributed by atoms with Crippen molar-refractivity contribution in [1.82, 2.24) is 0 Å². The lowest BCUT2D eigenvalue weighted by Crippen LogP contribution is -2.00. The molecule has 0 amide bonds. The predicted octanol–water partition coefficient (Wildman–Crippen LogP) is 11.9. The smallest absolute Gasteiger partial charge is 0.303 e. The fourth-order valence-corrected chi connectivity index (χ4v) is 4.59. The van der Waals surface area contributed by atoms with E-state index in [9.17, 15) is 9.59 Å². The summed E-state index contributed by atoms with van der Waals surface area (Å²) < 4.78 is 4.92. The summed E-state index contributed by atoms with van der Waals surface area (Å²) in [5, 5.41) is 8.50. The fraction of sp³-hybridized carbons (Fsp3) is 0.789. The first-order chi connectivity index (χ1) is 20.5. The summed E-state index contributed by atoms with van der Waals surface area (Å²) in [5.74, 6) is 5.40. The van der Waals surface area contributed by atoms with Crippen LogP contribution in [0.3, 0.4) is 0 Å². The molecule has 0 aliphatic rings. The molecular weight excluding hydrogens is 520 g/mol. The first-order valence-electron chi connectivity index (χ1n) is 17.7. The van der Waals surface area contributed by atoms with E-state index < -0.39 is 5.97 Å². The molecule has 0 spiro atoms. The molecule has 42 heavy (non-hydrogen) atoms. The number of allylic oxidation sites excluding steroid dienone is 4. The van der Waals surface area contributed by atoms with E-state index in [0.717, 1.165) is 32.1 Å². The lowest BCUT2D eigenvalue weighted by molar-refractivity contribution is -0.141. The van der Waals surface area contributed by atoms with E-state index in [1.165, 1.54) is 135 Å². The lowest BCUT2D eigenvalue weighted by atomic mass is 10.1. The molecule has 244 valence electrons. The maximum Gasteiger partial charge on any atom is 0.303 e. The van der Waals surface area contributed by atoms with Gasteiger partial charge >= 0.3 is 11.9 Å². The van der Waals surface area contributed by atoms with Crippen LogP contribution in [0.15, 0.2) is 24.3 Å². The predicted molar refractivity (Wildman–Crippen MR) is 182 cm³/mol. The number of hydrogen-bond acceptors (Lipinski definition) is 3. The molecule has 0 aliphatic carbocycles. The largest absolute Gasteiger partial charge is 0.481 e. The molecule has 0 heterocycles. The van der Waals surface area contributed by atoms with Gasteiger partial charge in [-0.05, 0) is 51.0 Å². The minimum absolute atomic E-state index is 0.156. The van der Waals surface area contributed by atoms with Crippen molar-refractivity contribution in [1.29, 1.82) is 0 Å². The molecule has 0 bridgehead atoms. The second-order valence-corrected chi connectivity index (χ2v) is 11.5. The van der Waals surface area contributed by atoms with Crippen LogP contribution in [0.2, 0.25) is 0 Å². The van der Waals surface area contributed by atoms with Crippen molar-refractivity contribution in [2.45, 2.75) is 188 Å². The van der Waals surface area contributed by atoms with Gasteiger partial charge in [0.05, 0.1) is 6.61 Å². The van der Waals surface area contributed by atoms with Gasteiger partial charge in [-0.15, -0.1) is 0 Å². The van der Waals surface area contributed by atoms with Crippen molar-refractivity contribution in [3.8, 4) is 11.8 Å². The summed E-state index contributed by atoms with van der Waals surface area (Å²) in [5.41, 5.74) is 0. The second-order valence-electron chi connectivity index (χ2n) is 11.5. The van der Waals surface area contributed by atoms with Gasteiger partial charge in [-0.1, -0.05) is 153 Å². The maximum absolute atomic E-state index is 10.6. The minimum Gasteiger partial charge on any atom is -0.481 e. The van der Waals surface area contributed by atoms with Crippen LogP contribution in [-0.4, -0.2) is 23.7 Å². The number of carbonyl (C=O) groups excluding carboxylic acids is 1. The Morgan fingerprint density at radius 2 is 1.10 bits per heavy atom. The number of rotatable bonds is 28. The number of hydrogen-bond donors (Lipinski definition) is 1. The number of aliphatic carboxylic acids is 1. The van der Waals surface area contributed by atoms with Crippen LogP contribution in [0, 0.1) is 11.8 Å². The molecule has 0 atom stereocenters. The monoisotopic (exact) mass is 589 g/mol. The molecule has 0 rings (SSSR count). The van der Waals surface area contributed by atoms with Crippen LogP contribution in [0.5, 0.6) is 0 Å². The van der Waals surface area contributed by atoms with Crippen LogP contribution < -0.4 is 0 Å². The Labute approximate surface area is 261 Å². The van der Waals surface area contributed by atoms with Gasteiger partial charge in [-0.3, -0.25) is 9.59 Å². The minimum atomic E-state index is -0.668. The molecule has 0 radical (unpaired) electrons. The fourth-order valence-electron chi connectivity index (χ4n) is 4.59. The number of carboxylic acid groups (broad SMARTS) is 1. The van der Waals surface area contributed by atoms with Gasteiger partial charge in [0.1, 0.15) is 0 Å². The van der Waals surface area contributed by atoms with E-state index in [1.54, 1.807) is 0 Å². The van der Waals surface area contributed by atoms with Crippen LogP contribution >= 0.6 is 0 Å². The summed E-state index contributed by atoms with van der Waals surface area (Å²) in [6.45, 7) is 6.44. The molecule has 1 N–H and O–H groups in total. The quantitative estimate of drug-likeness (QED) is 0.0427. The molecule has 0 saturated carbocycles. The van der Waals surface area contributed by atoms with E-state index in [0.29, 0.717) is 13.0 Å². The Morgan fingerprint density at radius 3 is 1.60 bits per heavy atom. The molecule has 4 heteroatoms. The van der Waals surface area contributed by atoms with E-state index in [1.807, 2.05) is 6.08 Å². The molecular formula is C38H68O4. The van der Waals surface area contributed by atoms with E-state index in [4.69, 9.17) is 9.84 Å². The normalized spacial score (nSPS) is 10.8. The van der Waals surface area contributed by atoms with Gasteiger partial charge in [-0.2, -0.15) is 0 Å². The van der Waals surface area contributed by atoms with Gasteiger partial charge < -0.3 is 9.84 Å². The maximum atomic E-state index is 10.6. The third-order valence-electron chi connectivity index (χ3n) is 7.19. The Kier molecular flexibility index (Phi) is 39.1. The molecule has 0 aromatic carbocycles. The zero-order valence-electron chi connectivity index (χ0n) is 28.1. The van der Waals surface area contributed by atoms with Gasteiger partial charge in [0.15, 0.2) is 0 Å². The van der Waals surface area contributed by atoms with Crippen molar-refractivity contribution in [2.24, 2.45) is 0 Å². The SMILES string of the molecule is CC/C=C\C#CCCCCCCCCCCCC(=O)O.CCCC/C=C\CCCCCCCCCCCCOC(C)=O. The highest BCUT2D eigenvalue weighted by Gasteiger charge is 1.97. The first-order valence-corrected chi connectivity index (χ1v) is 17.7. The zero-order chi connectivity index (χ0) is 31.2. The number of carboxylic acids is 1. The highest BCUT2D eigenvalue weighted by Crippen LogP contribution is 2.12. The highest BCUT2D eigenvalue weighted by molar-refractivity contribution is 5.66. The average Bonchev–Trinajstić information content (AvgIpc) is 2.97. The topological polar surface area (TPSA) is 63.6 Å². The van der Waals surface area contributed by atoms with Crippen molar-refractivity contribution in [3.63, 3.8) is 0 Å². The van der Waals surface area contributed by atoms with Crippen LogP contribution in [0.25, 0.3) is 0 Å². The van der Waals surface area contributed by atoms with Gasteiger partial charge in [0, 0.05) is 19.8 Å². The van der Waals surface area contributed by atoms with Gasteiger partial charge in [0.25, 0.3) is 0 Å². The van der Waals surface area contributed by atoms with E-state index in [2.05, 4.69) is 43.9 Å². The summed E-state index contributed by atoms with van der Waals surface area (Å²) >= 11 is 0. The van der Waals surface area contributed by atoms with Gasteiger partial charge in [0.2, 0.25) is 0 Å². The molecule has 0 aromatic rings. The first kappa shape index (κ1) is 42.1. The Morgan fingerprint density at radius 1 is 0.619 bits per heavy atom. The van der Waals surface area contributed by atoms with Crippen LogP contribution in [-0.2, 0) is 14.3 Å². The molecule has 4 nitrogen and oxygen atoms in total. The third-order valence-corrected chi connectivity index (χ3v) is 7.19. The summed E-state index contributed by atoms with van der Waals surface area (Å²) in [7, 11) is 0. The Bertz CT molecular complexity index is 683. The molecule has 0 fully saturated rings. The van der Waals surface area contributed by atoms with Crippen molar-refractivity contribution < 1.29 is 19.4 Å². The molecule has 0 aliphatic heterocycles. The zero-order valence-corrected chi connectivity index (χ0v) is 28.1. The molecule has 0 saturated heterocycles. The van der Waals surface area contributed by atoms with Crippen molar-refractivity contribution in [3.05, 3.63) is 24.3 Å². The number of ether oxygens (including phenoxy) is 1. The number of esters is 1. The summed E-state index contributed by atoms with van der Waals surface area (Å²) in [6, 6.07) is 0. The highest BCUT2D eigenvalue weighted by atomic mass is 16.5. The summed E-state index contributed by atoms with van der Waals surface area (Å²) in [4.78, 5) is 20.9. The summed E-state index contributed by atoms with van der Waals surface area (Å²) in [6.07, 6.45) is 40.2. The van der Waals surface area contributed by atoms with Crippen LogP contribution in [0.4, 0.5) is 0 Å². The Hall–Kier alpha value is -2.02.